The third-order valence-electron chi connectivity index (χ3n) is 3.56. The Morgan fingerprint density at radius 3 is 2.00 bits per heavy atom. The molecule has 0 spiro atoms. The Hall–Kier alpha value is -3.34. The van der Waals surface area contributed by atoms with Crippen molar-refractivity contribution in [1.82, 2.24) is 4.57 Å². The van der Waals surface area contributed by atoms with Crippen molar-refractivity contribution < 1.29 is 9.59 Å². The SMILES string of the molecule is CC(=O)n1ccc(-c2ccc(NC(=O)Nc3ccccc3)cc2)c1. The maximum absolute atomic E-state index is 12.0. The molecule has 0 fully saturated rings. The van der Waals surface area contributed by atoms with Gasteiger partial charge in [-0.25, -0.2) is 4.79 Å². The van der Waals surface area contributed by atoms with Crippen molar-refractivity contribution in [3.63, 3.8) is 0 Å². The normalized spacial score (nSPS) is 10.2. The zero-order chi connectivity index (χ0) is 16.9. The molecular formula is C19H17N3O2. The summed E-state index contributed by atoms with van der Waals surface area (Å²) >= 11 is 0. The molecule has 2 aromatic carbocycles. The first-order valence-corrected chi connectivity index (χ1v) is 7.54. The number of benzene rings is 2. The number of rotatable bonds is 3. The fraction of sp³-hybridized carbons (Fsp3) is 0.0526. The number of para-hydroxylation sites is 1. The van der Waals surface area contributed by atoms with Crippen molar-refractivity contribution >= 4 is 23.3 Å². The third-order valence-corrected chi connectivity index (χ3v) is 3.56. The van der Waals surface area contributed by atoms with Gasteiger partial charge in [0.1, 0.15) is 0 Å². The van der Waals surface area contributed by atoms with Crippen molar-refractivity contribution in [3.8, 4) is 11.1 Å². The number of hydrogen-bond acceptors (Lipinski definition) is 2. The lowest BCUT2D eigenvalue weighted by atomic mass is 10.1. The van der Waals surface area contributed by atoms with E-state index in [4.69, 9.17) is 0 Å². The number of urea groups is 1. The zero-order valence-electron chi connectivity index (χ0n) is 13.2. The summed E-state index contributed by atoms with van der Waals surface area (Å²) in [6.07, 6.45) is 3.52. The van der Waals surface area contributed by atoms with E-state index in [1.807, 2.05) is 60.7 Å². The molecule has 120 valence electrons. The van der Waals surface area contributed by atoms with E-state index in [1.54, 1.807) is 12.4 Å². The van der Waals surface area contributed by atoms with Crippen LogP contribution < -0.4 is 10.6 Å². The van der Waals surface area contributed by atoms with E-state index in [0.29, 0.717) is 5.69 Å². The van der Waals surface area contributed by atoms with Gasteiger partial charge in [0.05, 0.1) is 0 Å². The molecule has 0 saturated heterocycles. The van der Waals surface area contributed by atoms with Crippen LogP contribution in [0.4, 0.5) is 16.2 Å². The van der Waals surface area contributed by atoms with Crippen LogP contribution in [0.1, 0.15) is 11.7 Å². The van der Waals surface area contributed by atoms with Gasteiger partial charge in [0.2, 0.25) is 5.91 Å². The van der Waals surface area contributed by atoms with E-state index in [0.717, 1.165) is 16.8 Å². The lowest BCUT2D eigenvalue weighted by Crippen LogP contribution is -2.19. The van der Waals surface area contributed by atoms with Gasteiger partial charge >= 0.3 is 6.03 Å². The Kier molecular flexibility index (Phi) is 4.43. The molecular weight excluding hydrogens is 302 g/mol. The second-order valence-corrected chi connectivity index (χ2v) is 5.35. The molecule has 3 aromatic rings. The highest BCUT2D eigenvalue weighted by molar-refractivity contribution is 5.99. The van der Waals surface area contributed by atoms with Gasteiger partial charge < -0.3 is 10.6 Å². The Morgan fingerprint density at radius 1 is 0.792 bits per heavy atom. The highest BCUT2D eigenvalue weighted by Crippen LogP contribution is 2.22. The van der Waals surface area contributed by atoms with Gasteiger partial charge in [0, 0.05) is 30.7 Å². The Balaban J connectivity index is 1.65. The van der Waals surface area contributed by atoms with Gasteiger partial charge in [-0.15, -0.1) is 0 Å². The maximum atomic E-state index is 12.0. The first-order valence-electron chi connectivity index (χ1n) is 7.54. The van der Waals surface area contributed by atoms with Crippen LogP contribution in [0.2, 0.25) is 0 Å². The smallest absolute Gasteiger partial charge is 0.308 e. The second-order valence-electron chi connectivity index (χ2n) is 5.35. The quantitative estimate of drug-likeness (QED) is 0.748. The zero-order valence-corrected chi connectivity index (χ0v) is 13.2. The summed E-state index contributed by atoms with van der Waals surface area (Å²) in [5, 5.41) is 5.54. The van der Waals surface area contributed by atoms with Crippen LogP contribution in [0, 0.1) is 0 Å². The molecule has 1 heterocycles. The Labute approximate surface area is 139 Å². The number of carbonyl (C=O) groups is 2. The summed E-state index contributed by atoms with van der Waals surface area (Å²) in [4.78, 5) is 23.3. The molecule has 0 saturated carbocycles. The highest BCUT2D eigenvalue weighted by atomic mass is 16.2. The molecule has 0 unspecified atom stereocenters. The van der Waals surface area contributed by atoms with Gasteiger partial charge in [-0.1, -0.05) is 30.3 Å². The summed E-state index contributed by atoms with van der Waals surface area (Å²) in [7, 11) is 0. The van der Waals surface area contributed by atoms with Gasteiger partial charge in [-0.05, 0) is 41.5 Å². The van der Waals surface area contributed by atoms with Crippen molar-refractivity contribution in [2.24, 2.45) is 0 Å². The molecule has 5 nitrogen and oxygen atoms in total. The molecule has 24 heavy (non-hydrogen) atoms. The largest absolute Gasteiger partial charge is 0.323 e. The molecule has 1 aromatic heterocycles. The van der Waals surface area contributed by atoms with E-state index in [9.17, 15) is 9.59 Å². The summed E-state index contributed by atoms with van der Waals surface area (Å²) < 4.78 is 1.54. The summed E-state index contributed by atoms with van der Waals surface area (Å²) in [5.41, 5.74) is 3.35. The predicted molar refractivity (Wildman–Crippen MR) is 95.3 cm³/mol. The number of nitrogens with zero attached hydrogens (tertiary/aromatic N) is 1. The topological polar surface area (TPSA) is 63.1 Å². The van der Waals surface area contributed by atoms with Crippen LogP contribution in [0.25, 0.3) is 11.1 Å². The number of carbonyl (C=O) groups excluding carboxylic acids is 2. The van der Waals surface area contributed by atoms with E-state index in [1.165, 1.54) is 11.5 Å². The molecule has 0 aliphatic heterocycles. The molecule has 3 rings (SSSR count). The molecule has 0 aliphatic rings. The van der Waals surface area contributed by atoms with Crippen LogP contribution in [0.15, 0.2) is 73.1 Å². The molecule has 0 bridgehead atoms. The van der Waals surface area contributed by atoms with E-state index >= 15 is 0 Å². The van der Waals surface area contributed by atoms with Gasteiger partial charge in [0.15, 0.2) is 0 Å². The van der Waals surface area contributed by atoms with Gasteiger partial charge in [-0.2, -0.15) is 0 Å². The molecule has 2 N–H and O–H groups in total. The maximum Gasteiger partial charge on any atom is 0.323 e. The van der Waals surface area contributed by atoms with Crippen LogP contribution in [-0.4, -0.2) is 16.5 Å². The van der Waals surface area contributed by atoms with Crippen LogP contribution in [0.3, 0.4) is 0 Å². The monoisotopic (exact) mass is 319 g/mol. The van der Waals surface area contributed by atoms with Crippen molar-refractivity contribution in [1.29, 1.82) is 0 Å². The average molecular weight is 319 g/mol. The molecule has 2 amide bonds. The summed E-state index contributed by atoms with van der Waals surface area (Å²) in [6.45, 7) is 1.52. The fourth-order valence-electron chi connectivity index (χ4n) is 2.32. The number of nitrogens with one attached hydrogen (secondary N) is 2. The molecule has 0 aliphatic carbocycles. The number of aromatic nitrogens is 1. The lowest BCUT2D eigenvalue weighted by Gasteiger charge is -2.08. The minimum atomic E-state index is -0.295. The average Bonchev–Trinajstić information content (AvgIpc) is 3.07. The highest BCUT2D eigenvalue weighted by Gasteiger charge is 2.05. The summed E-state index contributed by atoms with van der Waals surface area (Å²) in [6, 6.07) is 18.3. The van der Waals surface area contributed by atoms with E-state index in [-0.39, 0.29) is 11.9 Å². The van der Waals surface area contributed by atoms with Crippen molar-refractivity contribution in [2.45, 2.75) is 6.92 Å². The van der Waals surface area contributed by atoms with Crippen molar-refractivity contribution in [2.75, 3.05) is 10.6 Å². The minimum absolute atomic E-state index is 0.0304. The summed E-state index contributed by atoms with van der Waals surface area (Å²) in [5.74, 6) is -0.0304. The number of anilines is 2. The van der Waals surface area contributed by atoms with Crippen LogP contribution in [-0.2, 0) is 0 Å². The molecule has 5 heteroatoms. The standard InChI is InChI=1S/C19H17N3O2/c1-14(23)22-12-11-16(13-22)15-7-9-18(10-8-15)21-19(24)20-17-5-3-2-4-6-17/h2-13H,1H3,(H2,20,21,24). The molecule has 0 radical (unpaired) electrons. The second kappa shape index (κ2) is 6.83. The predicted octanol–water partition coefficient (Wildman–Crippen LogP) is 4.46. The van der Waals surface area contributed by atoms with Crippen LogP contribution in [0.5, 0.6) is 0 Å². The molecule has 0 atom stereocenters. The fourth-order valence-corrected chi connectivity index (χ4v) is 2.32. The minimum Gasteiger partial charge on any atom is -0.308 e. The first-order chi connectivity index (χ1) is 11.6. The van der Waals surface area contributed by atoms with E-state index < -0.39 is 0 Å². The van der Waals surface area contributed by atoms with Crippen LogP contribution >= 0.6 is 0 Å². The number of hydrogen-bond donors (Lipinski definition) is 2. The lowest BCUT2D eigenvalue weighted by molar-refractivity contribution is 0.0937. The Morgan fingerprint density at radius 2 is 1.42 bits per heavy atom. The Bertz CT molecular complexity index is 852. The van der Waals surface area contributed by atoms with Gasteiger partial charge in [0.25, 0.3) is 0 Å². The first kappa shape index (κ1) is 15.6. The van der Waals surface area contributed by atoms with E-state index in [2.05, 4.69) is 10.6 Å². The number of amides is 2. The third kappa shape index (κ3) is 3.70. The van der Waals surface area contributed by atoms with Crippen molar-refractivity contribution in [3.05, 3.63) is 73.1 Å². The van der Waals surface area contributed by atoms with Gasteiger partial charge in [-0.3, -0.25) is 9.36 Å².